The molecule has 0 radical (unpaired) electrons. The zero-order chi connectivity index (χ0) is 20.3. The van der Waals surface area contributed by atoms with Gasteiger partial charge in [0.2, 0.25) is 5.75 Å². The second-order valence-corrected chi connectivity index (χ2v) is 6.76. The van der Waals surface area contributed by atoms with Crippen LogP contribution in [0.5, 0.6) is 23.0 Å². The summed E-state index contributed by atoms with van der Waals surface area (Å²) in [5, 5.41) is 4.07. The summed E-state index contributed by atoms with van der Waals surface area (Å²) < 4.78 is 36.7. The van der Waals surface area contributed by atoms with E-state index in [0.717, 1.165) is 0 Å². The SMILES string of the molecule is COc1cc(-c2nocc2-c2ccc(OP(=O)(O)O)cc2)cc(OC)c1OC. The van der Waals surface area contributed by atoms with E-state index in [4.69, 9.17) is 28.5 Å². The molecule has 1 heterocycles. The van der Waals surface area contributed by atoms with Crippen LogP contribution in [-0.4, -0.2) is 36.3 Å². The van der Waals surface area contributed by atoms with Crippen molar-refractivity contribution in [1.82, 2.24) is 5.16 Å². The Kier molecular flexibility index (Phi) is 5.60. The van der Waals surface area contributed by atoms with Gasteiger partial charge in [-0.2, -0.15) is 0 Å². The third kappa shape index (κ3) is 4.12. The van der Waals surface area contributed by atoms with Crippen LogP contribution in [0.25, 0.3) is 22.4 Å². The Bertz CT molecular complexity index is 984. The van der Waals surface area contributed by atoms with E-state index in [9.17, 15) is 4.57 Å². The molecule has 0 unspecified atom stereocenters. The van der Waals surface area contributed by atoms with Crippen molar-refractivity contribution in [3.63, 3.8) is 0 Å². The van der Waals surface area contributed by atoms with Gasteiger partial charge in [0.15, 0.2) is 11.5 Å². The molecule has 2 aromatic carbocycles. The second-order valence-electron chi connectivity index (χ2n) is 5.60. The van der Waals surface area contributed by atoms with Crippen LogP contribution in [0.2, 0.25) is 0 Å². The maximum atomic E-state index is 10.9. The van der Waals surface area contributed by atoms with Crippen molar-refractivity contribution in [3.05, 3.63) is 42.7 Å². The van der Waals surface area contributed by atoms with Crippen molar-refractivity contribution in [2.75, 3.05) is 21.3 Å². The van der Waals surface area contributed by atoms with Crippen LogP contribution in [0.15, 0.2) is 47.2 Å². The summed E-state index contributed by atoms with van der Waals surface area (Å²) in [5.74, 6) is 1.44. The largest absolute Gasteiger partial charge is 0.524 e. The van der Waals surface area contributed by atoms with Crippen LogP contribution in [0, 0.1) is 0 Å². The number of nitrogens with zero attached hydrogens (tertiary/aromatic N) is 1. The maximum Gasteiger partial charge on any atom is 0.524 e. The van der Waals surface area contributed by atoms with Crippen LogP contribution in [0.4, 0.5) is 0 Å². The Hall–Kier alpha value is -3.00. The molecule has 0 amide bonds. The predicted octanol–water partition coefficient (Wildman–Crippen LogP) is 3.51. The minimum atomic E-state index is -4.62. The monoisotopic (exact) mass is 407 g/mol. The highest BCUT2D eigenvalue weighted by Crippen LogP contribution is 2.43. The lowest BCUT2D eigenvalue weighted by Gasteiger charge is -2.13. The molecule has 0 aliphatic rings. The van der Waals surface area contributed by atoms with E-state index in [1.54, 1.807) is 24.3 Å². The first-order valence-corrected chi connectivity index (χ1v) is 9.49. The normalized spacial score (nSPS) is 11.2. The quantitative estimate of drug-likeness (QED) is 0.567. The Morgan fingerprint density at radius 2 is 1.54 bits per heavy atom. The highest BCUT2D eigenvalue weighted by molar-refractivity contribution is 7.46. The molecule has 28 heavy (non-hydrogen) atoms. The fraction of sp³-hybridized carbons (Fsp3) is 0.167. The van der Waals surface area contributed by atoms with Crippen molar-refractivity contribution in [1.29, 1.82) is 0 Å². The summed E-state index contributed by atoms with van der Waals surface area (Å²) >= 11 is 0. The van der Waals surface area contributed by atoms with Crippen LogP contribution < -0.4 is 18.7 Å². The average Bonchev–Trinajstić information content (AvgIpc) is 3.15. The Morgan fingerprint density at radius 3 is 2.04 bits per heavy atom. The molecule has 0 spiro atoms. The number of methoxy groups -OCH3 is 3. The molecule has 0 aliphatic carbocycles. The molecule has 10 heteroatoms. The van der Waals surface area contributed by atoms with Crippen LogP contribution >= 0.6 is 7.82 Å². The molecule has 0 saturated heterocycles. The number of aromatic nitrogens is 1. The zero-order valence-corrected chi connectivity index (χ0v) is 16.2. The number of rotatable bonds is 7. The second kappa shape index (κ2) is 7.93. The van der Waals surface area contributed by atoms with Gasteiger partial charge in [-0.15, -0.1) is 0 Å². The van der Waals surface area contributed by atoms with Crippen molar-refractivity contribution in [2.45, 2.75) is 0 Å². The summed E-state index contributed by atoms with van der Waals surface area (Å²) in [7, 11) is -0.0633. The van der Waals surface area contributed by atoms with E-state index in [1.165, 1.54) is 39.7 Å². The summed E-state index contributed by atoms with van der Waals surface area (Å²) in [6, 6.07) is 9.65. The van der Waals surface area contributed by atoms with Gasteiger partial charge < -0.3 is 23.3 Å². The van der Waals surface area contributed by atoms with Crippen molar-refractivity contribution in [2.24, 2.45) is 0 Å². The lowest BCUT2D eigenvalue weighted by Crippen LogP contribution is -1.96. The van der Waals surface area contributed by atoms with E-state index >= 15 is 0 Å². The molecule has 1 aromatic heterocycles. The highest BCUT2D eigenvalue weighted by atomic mass is 31.2. The molecular weight excluding hydrogens is 389 g/mol. The predicted molar refractivity (Wildman–Crippen MR) is 99.7 cm³/mol. The standard InChI is InChI=1S/C18H18NO8P/c1-23-15-8-12(9-16(24-2)18(15)25-3)17-14(10-26-19-17)11-4-6-13(7-5-11)27-28(20,21)22/h4-10H,1-3H3,(H2,20,21,22). The van der Waals surface area contributed by atoms with Crippen molar-refractivity contribution < 1.29 is 37.6 Å². The first-order valence-electron chi connectivity index (χ1n) is 7.96. The van der Waals surface area contributed by atoms with Gasteiger partial charge in [0.1, 0.15) is 17.7 Å². The third-order valence-corrected chi connectivity index (χ3v) is 4.35. The molecule has 3 rings (SSSR count). The fourth-order valence-electron chi connectivity index (χ4n) is 2.70. The lowest BCUT2D eigenvalue weighted by molar-refractivity contribution is 0.283. The summed E-state index contributed by atoms with van der Waals surface area (Å²) in [6.45, 7) is 0. The number of phosphoric ester groups is 1. The van der Waals surface area contributed by atoms with E-state index in [1.807, 2.05) is 0 Å². The van der Waals surface area contributed by atoms with Gasteiger partial charge in [0.05, 0.1) is 21.3 Å². The third-order valence-electron chi connectivity index (χ3n) is 3.90. The van der Waals surface area contributed by atoms with Crippen molar-refractivity contribution >= 4 is 7.82 Å². The molecule has 0 saturated carbocycles. The van der Waals surface area contributed by atoms with Gasteiger partial charge >= 0.3 is 7.82 Å². The molecule has 9 nitrogen and oxygen atoms in total. The van der Waals surface area contributed by atoms with Gasteiger partial charge in [-0.25, -0.2) is 4.57 Å². The van der Waals surface area contributed by atoms with Crippen LogP contribution in [0.3, 0.4) is 0 Å². The van der Waals surface area contributed by atoms with Crippen LogP contribution in [-0.2, 0) is 4.57 Å². The zero-order valence-electron chi connectivity index (χ0n) is 15.3. The fourth-order valence-corrected chi connectivity index (χ4v) is 3.10. The van der Waals surface area contributed by atoms with Gasteiger partial charge in [0.25, 0.3) is 0 Å². The summed E-state index contributed by atoms with van der Waals surface area (Å²) in [6.07, 6.45) is 1.47. The first-order chi connectivity index (χ1) is 13.4. The molecule has 2 N–H and O–H groups in total. The van der Waals surface area contributed by atoms with E-state index in [-0.39, 0.29) is 5.75 Å². The Morgan fingerprint density at radius 1 is 0.929 bits per heavy atom. The lowest BCUT2D eigenvalue weighted by atomic mass is 10.0. The average molecular weight is 407 g/mol. The smallest absolute Gasteiger partial charge is 0.493 e. The molecule has 0 aliphatic heterocycles. The molecule has 0 fully saturated rings. The van der Waals surface area contributed by atoms with E-state index < -0.39 is 7.82 Å². The minimum absolute atomic E-state index is 0.0443. The van der Waals surface area contributed by atoms with Gasteiger partial charge in [-0.05, 0) is 29.8 Å². The molecule has 0 bridgehead atoms. The van der Waals surface area contributed by atoms with Crippen LogP contribution in [0.1, 0.15) is 0 Å². The number of hydrogen-bond donors (Lipinski definition) is 2. The summed E-state index contributed by atoms with van der Waals surface area (Å²) in [5.41, 5.74) is 2.58. The van der Waals surface area contributed by atoms with Crippen molar-refractivity contribution in [3.8, 4) is 45.4 Å². The Labute approximate surface area is 160 Å². The number of ether oxygens (including phenoxy) is 3. The number of benzene rings is 2. The molecular formula is C18H18NO8P. The van der Waals surface area contributed by atoms with E-state index in [2.05, 4.69) is 9.68 Å². The highest BCUT2D eigenvalue weighted by Gasteiger charge is 2.20. The van der Waals surface area contributed by atoms with Gasteiger partial charge in [-0.3, -0.25) is 9.79 Å². The maximum absolute atomic E-state index is 10.9. The molecule has 3 aromatic rings. The first kappa shape index (κ1) is 19.8. The van der Waals surface area contributed by atoms with E-state index in [0.29, 0.717) is 39.6 Å². The molecule has 148 valence electrons. The topological polar surface area (TPSA) is 120 Å². The Balaban J connectivity index is 2.02. The van der Waals surface area contributed by atoms with Gasteiger partial charge in [-0.1, -0.05) is 17.3 Å². The molecule has 0 atom stereocenters. The summed E-state index contributed by atoms with van der Waals surface area (Å²) in [4.78, 5) is 17.8. The minimum Gasteiger partial charge on any atom is -0.493 e. The number of phosphoric acid groups is 1. The van der Waals surface area contributed by atoms with Gasteiger partial charge in [0, 0.05) is 11.1 Å². The number of hydrogen-bond acceptors (Lipinski definition) is 7.